The summed E-state index contributed by atoms with van der Waals surface area (Å²) >= 11 is 0. The minimum Gasteiger partial charge on any atom is -0.300 e. The first kappa shape index (κ1) is 17.1. The topological polar surface area (TPSA) is 17.1 Å². The van der Waals surface area contributed by atoms with Gasteiger partial charge in [0, 0.05) is 0 Å². The maximum atomic E-state index is 9.44. The van der Waals surface area contributed by atoms with Crippen LogP contribution in [0.3, 0.4) is 0 Å². The van der Waals surface area contributed by atoms with Crippen LogP contribution in [0, 0.1) is 0 Å². The van der Waals surface area contributed by atoms with Gasteiger partial charge in [0.1, 0.15) is 5.78 Å². The molecule has 1 nitrogen and oxygen atoms in total. The van der Waals surface area contributed by atoms with Crippen molar-refractivity contribution in [3.05, 3.63) is 0 Å². The molecule has 0 radical (unpaired) electrons. The molecule has 0 aliphatic rings. The third kappa shape index (κ3) is 31.6. The van der Waals surface area contributed by atoms with Crippen LogP contribution < -0.4 is 0 Å². The first-order chi connectivity index (χ1) is 7.15. The maximum Gasteiger partial charge on any atom is 0.126 e. The number of rotatable bonds is 8. The summed E-state index contributed by atoms with van der Waals surface area (Å²) in [6, 6.07) is 0. The van der Waals surface area contributed by atoms with Crippen molar-refractivity contribution in [1.82, 2.24) is 0 Å². The zero-order valence-electron chi connectivity index (χ0n) is 11.3. The summed E-state index contributed by atoms with van der Waals surface area (Å²) in [5.41, 5.74) is 0. The summed E-state index contributed by atoms with van der Waals surface area (Å²) in [5.74, 6) is 0.167. The van der Waals surface area contributed by atoms with Gasteiger partial charge in [-0.2, -0.15) is 0 Å². The second-order valence-corrected chi connectivity index (χ2v) is 4.38. The summed E-state index contributed by atoms with van der Waals surface area (Å²) in [6.45, 7) is 7.61. The van der Waals surface area contributed by atoms with Gasteiger partial charge in [0.2, 0.25) is 0 Å². The van der Waals surface area contributed by atoms with Gasteiger partial charge in [0.05, 0.1) is 0 Å². The molecule has 0 fully saturated rings. The Morgan fingerprint density at radius 3 is 1.07 bits per heavy atom. The van der Waals surface area contributed by atoms with E-state index >= 15 is 0 Å². The van der Waals surface area contributed by atoms with Crippen LogP contribution in [0.5, 0.6) is 0 Å². The molecule has 1 heteroatoms. The van der Waals surface area contributed by atoms with E-state index in [9.17, 15) is 4.79 Å². The third-order valence-corrected chi connectivity index (χ3v) is 2.21. The number of hydrogen-bond donors (Lipinski definition) is 0. The molecule has 0 heterocycles. The van der Waals surface area contributed by atoms with Crippen LogP contribution in [-0.4, -0.2) is 5.78 Å². The highest BCUT2D eigenvalue weighted by Crippen LogP contribution is 2.08. The number of ketones is 1. The van der Waals surface area contributed by atoms with E-state index in [4.69, 9.17) is 0 Å². The Balaban J connectivity index is 0. The molecule has 0 bridgehead atoms. The van der Waals surface area contributed by atoms with Crippen LogP contribution in [0.4, 0.5) is 0 Å². The molecule has 0 rings (SSSR count). The van der Waals surface area contributed by atoms with Crippen LogP contribution in [0.1, 0.15) is 85.5 Å². The van der Waals surface area contributed by atoms with Crippen molar-refractivity contribution < 1.29 is 4.79 Å². The molecule has 0 unspecified atom stereocenters. The smallest absolute Gasteiger partial charge is 0.126 e. The van der Waals surface area contributed by atoms with Crippen LogP contribution in [0.25, 0.3) is 0 Å². The van der Waals surface area contributed by atoms with Crippen molar-refractivity contribution in [2.45, 2.75) is 85.5 Å². The van der Waals surface area contributed by atoms with E-state index in [0.717, 1.165) is 0 Å². The lowest BCUT2D eigenvalue weighted by molar-refractivity contribution is -0.114. The van der Waals surface area contributed by atoms with Crippen molar-refractivity contribution in [1.29, 1.82) is 0 Å². The molecule has 92 valence electrons. The summed E-state index contributed by atoms with van der Waals surface area (Å²) in [7, 11) is 0. The van der Waals surface area contributed by atoms with Gasteiger partial charge in [-0.3, -0.25) is 0 Å². The maximum absolute atomic E-state index is 9.44. The number of unbranched alkanes of at least 4 members (excludes halogenated alkanes) is 8. The molecule has 0 aliphatic heterocycles. The molecule has 0 atom stereocenters. The van der Waals surface area contributed by atoms with Gasteiger partial charge < -0.3 is 4.79 Å². The molecule has 0 saturated carbocycles. The molecular formula is C14H30O. The largest absolute Gasteiger partial charge is 0.300 e. The lowest BCUT2D eigenvalue weighted by atomic mass is 10.1. The molecule has 0 amide bonds. The first-order valence-corrected chi connectivity index (χ1v) is 6.62. The number of Topliss-reactive ketones (excluding diaryl/α,β-unsaturated/α-hetero) is 1. The predicted molar refractivity (Wildman–Crippen MR) is 69.3 cm³/mol. The Kier molecular flexibility index (Phi) is 18.3. The molecule has 0 saturated heterocycles. The van der Waals surface area contributed by atoms with E-state index in [-0.39, 0.29) is 5.78 Å². The SMILES string of the molecule is CC(C)=O.CCCCCCCCCCC. The first-order valence-electron chi connectivity index (χ1n) is 6.62. The van der Waals surface area contributed by atoms with Gasteiger partial charge in [-0.1, -0.05) is 71.6 Å². The normalized spacial score (nSPS) is 9.33. The van der Waals surface area contributed by atoms with Gasteiger partial charge in [-0.05, 0) is 13.8 Å². The lowest BCUT2D eigenvalue weighted by Gasteiger charge is -1.98. The van der Waals surface area contributed by atoms with Crippen LogP contribution in [-0.2, 0) is 4.79 Å². The highest BCUT2D eigenvalue weighted by atomic mass is 16.1. The van der Waals surface area contributed by atoms with Crippen molar-refractivity contribution in [2.24, 2.45) is 0 Å². The lowest BCUT2D eigenvalue weighted by Crippen LogP contribution is -1.79. The van der Waals surface area contributed by atoms with Crippen LogP contribution in [0.15, 0.2) is 0 Å². The monoisotopic (exact) mass is 214 g/mol. The molecule has 15 heavy (non-hydrogen) atoms. The molecule has 0 aromatic carbocycles. The van der Waals surface area contributed by atoms with Crippen molar-refractivity contribution >= 4 is 5.78 Å². The van der Waals surface area contributed by atoms with Gasteiger partial charge in [0.25, 0.3) is 0 Å². The standard InChI is InChI=1S/C11H24.C3H6O/c1-3-5-7-9-11-10-8-6-4-2;1-3(2)4/h3-11H2,1-2H3;1-2H3. The van der Waals surface area contributed by atoms with Crippen LogP contribution >= 0.6 is 0 Å². The second kappa shape index (κ2) is 16.1. The van der Waals surface area contributed by atoms with Gasteiger partial charge >= 0.3 is 0 Å². The van der Waals surface area contributed by atoms with E-state index in [2.05, 4.69) is 13.8 Å². The fourth-order valence-corrected chi connectivity index (χ4v) is 1.38. The summed E-state index contributed by atoms with van der Waals surface area (Å²) in [5, 5.41) is 0. The highest BCUT2D eigenvalue weighted by molar-refractivity contribution is 5.72. The Morgan fingerprint density at radius 2 is 0.867 bits per heavy atom. The van der Waals surface area contributed by atoms with E-state index in [1.54, 1.807) is 0 Å². The Morgan fingerprint density at radius 1 is 0.667 bits per heavy atom. The number of carbonyl (C=O) groups excluding carboxylic acids is 1. The third-order valence-electron chi connectivity index (χ3n) is 2.21. The fraction of sp³-hybridized carbons (Fsp3) is 0.929. The van der Waals surface area contributed by atoms with Crippen molar-refractivity contribution in [3.8, 4) is 0 Å². The van der Waals surface area contributed by atoms with Crippen molar-refractivity contribution in [2.75, 3.05) is 0 Å². The Labute approximate surface area is 96.7 Å². The fourth-order valence-electron chi connectivity index (χ4n) is 1.38. The van der Waals surface area contributed by atoms with Crippen LogP contribution in [0.2, 0.25) is 0 Å². The molecule has 0 aromatic rings. The van der Waals surface area contributed by atoms with E-state index in [1.807, 2.05) is 0 Å². The Bertz CT molecular complexity index is 107. The summed E-state index contributed by atoms with van der Waals surface area (Å²) in [4.78, 5) is 9.44. The molecule has 0 aromatic heterocycles. The van der Waals surface area contributed by atoms with Gasteiger partial charge in [0.15, 0.2) is 0 Å². The molecule has 0 aliphatic carbocycles. The van der Waals surface area contributed by atoms with Crippen molar-refractivity contribution in [3.63, 3.8) is 0 Å². The van der Waals surface area contributed by atoms with E-state index in [1.165, 1.54) is 71.6 Å². The quantitative estimate of drug-likeness (QED) is 0.512. The average molecular weight is 214 g/mol. The zero-order valence-corrected chi connectivity index (χ0v) is 11.3. The number of hydrogen-bond acceptors (Lipinski definition) is 1. The predicted octanol–water partition coefficient (Wildman–Crippen LogP) is 5.13. The average Bonchev–Trinajstić information content (AvgIpc) is 2.16. The summed E-state index contributed by atoms with van der Waals surface area (Å²) < 4.78 is 0. The summed E-state index contributed by atoms with van der Waals surface area (Å²) in [6.07, 6.45) is 13.0. The number of carbonyl (C=O) groups is 1. The zero-order chi connectivity index (χ0) is 11.9. The highest BCUT2D eigenvalue weighted by Gasteiger charge is 1.88. The minimum atomic E-state index is 0.167. The molecule has 0 spiro atoms. The second-order valence-electron chi connectivity index (χ2n) is 4.38. The van der Waals surface area contributed by atoms with Gasteiger partial charge in [-0.15, -0.1) is 0 Å². The van der Waals surface area contributed by atoms with E-state index < -0.39 is 0 Å². The molecule has 0 N–H and O–H groups in total. The van der Waals surface area contributed by atoms with Gasteiger partial charge in [-0.25, -0.2) is 0 Å². The Hall–Kier alpha value is -0.330. The van der Waals surface area contributed by atoms with E-state index in [0.29, 0.717) is 0 Å². The minimum absolute atomic E-state index is 0.167. The molecular weight excluding hydrogens is 184 g/mol.